The summed E-state index contributed by atoms with van der Waals surface area (Å²) in [7, 11) is 1.66. The second-order valence-corrected chi connectivity index (χ2v) is 4.16. The third kappa shape index (κ3) is 3.81. The van der Waals surface area contributed by atoms with Gasteiger partial charge in [-0.05, 0) is 18.2 Å². The van der Waals surface area contributed by atoms with E-state index in [1.54, 1.807) is 7.11 Å². The molecule has 0 fully saturated rings. The number of para-hydroxylation sites is 2. The number of hydrogen-bond acceptors (Lipinski definition) is 3. The molecule has 0 aliphatic heterocycles. The molecule has 0 aliphatic rings. The summed E-state index contributed by atoms with van der Waals surface area (Å²) in [5.74, 6) is 5.99. The minimum Gasteiger partial charge on any atom is -0.380 e. The summed E-state index contributed by atoms with van der Waals surface area (Å²) in [5, 5.41) is 3.12. The van der Waals surface area contributed by atoms with Gasteiger partial charge in [0.2, 0.25) is 5.96 Å². The lowest BCUT2D eigenvalue weighted by Crippen LogP contribution is -2.36. The van der Waals surface area contributed by atoms with Crippen LogP contribution in [0.5, 0.6) is 0 Å². The molecule has 0 amide bonds. The quantitative estimate of drug-likeness (QED) is 0.345. The van der Waals surface area contributed by atoms with Gasteiger partial charge in [0.25, 0.3) is 0 Å². The Kier molecular flexibility index (Phi) is 5.11. The van der Waals surface area contributed by atoms with Crippen molar-refractivity contribution in [2.24, 2.45) is 10.8 Å². The van der Waals surface area contributed by atoms with Crippen molar-refractivity contribution in [2.45, 2.75) is 6.61 Å². The second kappa shape index (κ2) is 7.28. The van der Waals surface area contributed by atoms with Gasteiger partial charge in [-0.25, -0.2) is 10.8 Å². The molecule has 2 aromatic rings. The molecule has 0 aliphatic carbocycles. The molecule has 0 atom stereocenters. The average molecular weight is 270 g/mol. The maximum Gasteiger partial charge on any atom is 0.215 e. The lowest BCUT2D eigenvalue weighted by atomic mass is 10.2. The fraction of sp³-hybridized carbons (Fsp3) is 0.133. The first-order valence-electron chi connectivity index (χ1n) is 6.27. The van der Waals surface area contributed by atoms with Gasteiger partial charge >= 0.3 is 0 Å². The first-order valence-corrected chi connectivity index (χ1v) is 6.27. The van der Waals surface area contributed by atoms with Crippen LogP contribution >= 0.6 is 0 Å². The maximum atomic E-state index is 5.52. The summed E-state index contributed by atoms with van der Waals surface area (Å²) < 4.78 is 5.16. The molecule has 0 unspecified atom stereocenters. The summed E-state index contributed by atoms with van der Waals surface area (Å²) in [4.78, 5) is 4.48. The second-order valence-electron chi connectivity index (χ2n) is 4.16. The predicted molar refractivity (Wildman–Crippen MR) is 81.6 cm³/mol. The van der Waals surface area contributed by atoms with Gasteiger partial charge in [0.05, 0.1) is 12.3 Å². The van der Waals surface area contributed by atoms with Gasteiger partial charge < -0.3 is 10.1 Å². The van der Waals surface area contributed by atoms with E-state index in [1.807, 2.05) is 54.6 Å². The van der Waals surface area contributed by atoms with Gasteiger partial charge in [-0.2, -0.15) is 0 Å². The molecule has 0 aromatic heterocycles. The van der Waals surface area contributed by atoms with E-state index >= 15 is 0 Å². The Morgan fingerprint density at radius 3 is 2.50 bits per heavy atom. The van der Waals surface area contributed by atoms with Gasteiger partial charge in [-0.1, -0.05) is 36.4 Å². The highest BCUT2D eigenvalue weighted by molar-refractivity contribution is 5.95. The monoisotopic (exact) mass is 270 g/mol. The van der Waals surface area contributed by atoms with Crippen molar-refractivity contribution in [3.63, 3.8) is 0 Å². The summed E-state index contributed by atoms with van der Waals surface area (Å²) in [6.07, 6.45) is 0. The number of anilines is 1. The first-order chi connectivity index (χ1) is 9.83. The summed E-state index contributed by atoms with van der Waals surface area (Å²) in [6.45, 7) is 0.503. The third-order valence-electron chi connectivity index (χ3n) is 2.70. The van der Waals surface area contributed by atoms with Gasteiger partial charge in [-0.3, -0.25) is 5.43 Å². The van der Waals surface area contributed by atoms with E-state index in [1.165, 1.54) is 0 Å². The van der Waals surface area contributed by atoms with E-state index < -0.39 is 0 Å². The number of hydrogen-bond donors (Lipinski definition) is 3. The molecule has 2 rings (SSSR count). The number of ether oxygens (including phenoxy) is 1. The zero-order valence-corrected chi connectivity index (χ0v) is 11.3. The molecule has 0 spiro atoms. The summed E-state index contributed by atoms with van der Waals surface area (Å²) in [5.41, 5.74) is 5.29. The minimum absolute atomic E-state index is 0.472. The molecule has 0 heterocycles. The molecule has 104 valence electrons. The molecule has 20 heavy (non-hydrogen) atoms. The van der Waals surface area contributed by atoms with Crippen LogP contribution in [-0.4, -0.2) is 13.1 Å². The lowest BCUT2D eigenvalue weighted by molar-refractivity contribution is 0.185. The van der Waals surface area contributed by atoms with E-state index in [0.29, 0.717) is 12.6 Å². The summed E-state index contributed by atoms with van der Waals surface area (Å²) in [6, 6.07) is 17.5. The Morgan fingerprint density at radius 1 is 1.10 bits per heavy atom. The molecule has 4 N–H and O–H groups in total. The SMILES string of the molecule is COCc1ccccc1N=C(NN)Nc1ccccc1. The molecule has 5 nitrogen and oxygen atoms in total. The van der Waals surface area contributed by atoms with E-state index in [9.17, 15) is 0 Å². The predicted octanol–water partition coefficient (Wildman–Crippen LogP) is 2.40. The fourth-order valence-corrected chi connectivity index (χ4v) is 1.77. The normalized spacial score (nSPS) is 11.2. The van der Waals surface area contributed by atoms with Crippen molar-refractivity contribution in [2.75, 3.05) is 12.4 Å². The highest BCUT2D eigenvalue weighted by Crippen LogP contribution is 2.19. The molecular formula is C15H18N4O. The van der Waals surface area contributed by atoms with Crippen molar-refractivity contribution in [1.82, 2.24) is 5.43 Å². The van der Waals surface area contributed by atoms with Crippen molar-refractivity contribution in [3.05, 3.63) is 60.2 Å². The van der Waals surface area contributed by atoms with Crippen molar-refractivity contribution >= 4 is 17.3 Å². The highest BCUT2D eigenvalue weighted by atomic mass is 16.5. The Hall–Kier alpha value is -2.37. The van der Waals surface area contributed by atoms with Crippen LogP contribution in [0.15, 0.2) is 59.6 Å². The van der Waals surface area contributed by atoms with Crippen molar-refractivity contribution in [1.29, 1.82) is 0 Å². The lowest BCUT2D eigenvalue weighted by Gasteiger charge is -2.10. The molecule has 2 aromatic carbocycles. The van der Waals surface area contributed by atoms with E-state index in [2.05, 4.69) is 15.7 Å². The molecule has 0 radical (unpaired) electrons. The molecule has 0 bridgehead atoms. The number of guanidine groups is 1. The Morgan fingerprint density at radius 2 is 1.80 bits per heavy atom. The van der Waals surface area contributed by atoms with Crippen LogP contribution in [0.3, 0.4) is 0 Å². The minimum atomic E-state index is 0.472. The molecule has 5 heteroatoms. The zero-order chi connectivity index (χ0) is 14.2. The largest absolute Gasteiger partial charge is 0.380 e. The van der Waals surface area contributed by atoms with Crippen LogP contribution in [-0.2, 0) is 11.3 Å². The number of rotatable bonds is 4. The Bertz CT molecular complexity index is 569. The number of aliphatic imine (C=N–C) groups is 1. The van der Waals surface area contributed by atoms with Crippen molar-refractivity contribution < 1.29 is 4.74 Å². The van der Waals surface area contributed by atoms with Gasteiger partial charge in [0.1, 0.15) is 0 Å². The van der Waals surface area contributed by atoms with E-state index in [4.69, 9.17) is 10.6 Å². The Balaban J connectivity index is 2.22. The zero-order valence-electron chi connectivity index (χ0n) is 11.3. The average Bonchev–Trinajstić information content (AvgIpc) is 2.50. The van der Waals surface area contributed by atoms with Crippen LogP contribution < -0.4 is 16.6 Å². The first kappa shape index (κ1) is 14.0. The Labute approximate surface area is 118 Å². The van der Waals surface area contributed by atoms with Crippen LogP contribution in [0.2, 0.25) is 0 Å². The van der Waals surface area contributed by atoms with E-state index in [-0.39, 0.29) is 0 Å². The fourth-order valence-electron chi connectivity index (χ4n) is 1.77. The maximum absolute atomic E-state index is 5.52. The van der Waals surface area contributed by atoms with Gasteiger partial charge in [0.15, 0.2) is 0 Å². The van der Waals surface area contributed by atoms with Crippen LogP contribution in [0.4, 0.5) is 11.4 Å². The number of nitrogens with two attached hydrogens (primary N) is 1. The number of methoxy groups -OCH3 is 1. The van der Waals surface area contributed by atoms with Crippen LogP contribution in [0.1, 0.15) is 5.56 Å². The summed E-state index contributed by atoms with van der Waals surface area (Å²) >= 11 is 0. The van der Waals surface area contributed by atoms with Crippen molar-refractivity contribution in [3.8, 4) is 0 Å². The number of hydrazine groups is 1. The topological polar surface area (TPSA) is 71.7 Å². The smallest absolute Gasteiger partial charge is 0.215 e. The molecule has 0 saturated carbocycles. The highest BCUT2D eigenvalue weighted by Gasteiger charge is 2.03. The molecular weight excluding hydrogens is 252 g/mol. The number of benzene rings is 2. The van der Waals surface area contributed by atoms with Gasteiger partial charge in [-0.15, -0.1) is 0 Å². The number of nitrogens with zero attached hydrogens (tertiary/aromatic N) is 1. The van der Waals surface area contributed by atoms with Crippen LogP contribution in [0, 0.1) is 0 Å². The van der Waals surface area contributed by atoms with E-state index in [0.717, 1.165) is 16.9 Å². The van der Waals surface area contributed by atoms with Crippen LogP contribution in [0.25, 0.3) is 0 Å². The molecule has 0 saturated heterocycles. The third-order valence-corrected chi connectivity index (χ3v) is 2.70. The standard InChI is InChI=1S/C15H18N4O/c1-20-11-12-7-5-6-10-14(12)18-15(19-16)17-13-8-3-2-4-9-13/h2-10H,11,16H2,1H3,(H2,17,18,19). The van der Waals surface area contributed by atoms with Gasteiger partial charge in [0, 0.05) is 18.4 Å². The number of nitrogens with one attached hydrogen (secondary N) is 2.